The molecule has 10 rings (SSSR count). The van der Waals surface area contributed by atoms with Gasteiger partial charge in [0, 0.05) is 76.8 Å². The number of aliphatic hydroxyl groups is 2. The summed E-state index contributed by atoms with van der Waals surface area (Å²) in [7, 11) is -16.4. The van der Waals surface area contributed by atoms with Crippen LogP contribution in [0.15, 0.2) is 176 Å². The number of rotatable bonds is 21. The average Bonchev–Trinajstić information content (AvgIpc) is 1.74. The Hall–Kier alpha value is -8.66. The van der Waals surface area contributed by atoms with Crippen molar-refractivity contribution in [3.63, 3.8) is 0 Å². The summed E-state index contributed by atoms with van der Waals surface area (Å²) in [6.07, 6.45) is 0.827. The number of aliphatic carboxylic acids is 1. The van der Waals surface area contributed by atoms with Crippen LogP contribution in [0.25, 0.3) is 0 Å². The van der Waals surface area contributed by atoms with Crippen LogP contribution in [0, 0.1) is 0 Å². The number of halogens is 3. The van der Waals surface area contributed by atoms with Crippen LogP contribution in [0.4, 0.5) is 27.5 Å². The van der Waals surface area contributed by atoms with Crippen molar-refractivity contribution in [2.45, 2.75) is 118 Å². The Bertz CT molecular complexity index is 4740. The number of fused-ring (bicyclic) bond motifs is 4. The maximum absolute atomic E-state index is 12.7. The smallest absolute Gasteiger partial charge is 0.414 e. The zero-order chi connectivity index (χ0) is 74.7. The van der Waals surface area contributed by atoms with E-state index >= 15 is 0 Å². The number of amides is 5. The Morgan fingerprint density at radius 2 is 0.941 bits per heavy atom. The van der Waals surface area contributed by atoms with Crippen molar-refractivity contribution in [1.29, 1.82) is 0 Å². The highest BCUT2D eigenvalue weighted by Gasteiger charge is 2.33. The van der Waals surface area contributed by atoms with Crippen LogP contribution in [-0.2, 0) is 96.3 Å². The van der Waals surface area contributed by atoms with Crippen LogP contribution < -0.4 is 38.5 Å². The summed E-state index contributed by atoms with van der Waals surface area (Å²) in [5.41, 5.74) is 8.53. The number of carboxylic acids is 1. The van der Waals surface area contributed by atoms with E-state index in [2.05, 4.69) is 40.4 Å². The van der Waals surface area contributed by atoms with Gasteiger partial charge >= 0.3 is 12.1 Å². The summed E-state index contributed by atoms with van der Waals surface area (Å²) in [5, 5.41) is 27.0. The summed E-state index contributed by atoms with van der Waals surface area (Å²) in [4.78, 5) is 76.9. The standard InChI is InChI=1S/C23H20N2O5S.C16H21ClN2O4S.C15H17BrN2O5S.C14H17ClN2O4S/c26-22(19-9-5-2-6-10-19)24-31(28,29)20-12-11-18-13-14-25(21(18)15-20)23(27)30-16-17-7-3-1-4-8-17;1-10(2)19-6-5-11-7-12(17)14(8-13(11)19)24(22,23)18-15(20)9-16(3,4)21;1-9(2)18-6-5-10-7-11(16)13(8-12(10)18)24(22,23)17-14(19)3-4-15(20)21;1-9(2)17-5-3-10-7-11(15)13(8-12(10)17)22(20,21)16-14(19)4-6-18/h1-12,15H,13-14,16H2,(H,24,26);7-8,21H,1,5-6,9H2,2-4H3,(H,18,20);7-8H,1,3-6H2,2H3,(H,17,19)(H,20,21);7-8,18H,1,3-6H2,2H3,(H,16,19). The van der Waals surface area contributed by atoms with E-state index < -0.39 is 101 Å². The zero-order valence-electron chi connectivity index (χ0n) is 55.5. The van der Waals surface area contributed by atoms with E-state index in [0.717, 1.165) is 81.2 Å². The molecule has 4 heterocycles. The number of anilines is 4. The van der Waals surface area contributed by atoms with Gasteiger partial charge in [0.1, 0.15) is 21.3 Å². The number of allylic oxidation sites excluding steroid dienone is 3. The molecule has 33 heteroatoms. The third-order valence-corrected chi connectivity index (χ3v) is 22.9. The molecular weight excluding hydrogens is 1500 g/mol. The second-order valence-corrected chi connectivity index (χ2v) is 32.4. The summed E-state index contributed by atoms with van der Waals surface area (Å²) in [5.74, 6) is -4.33. The first-order valence-electron chi connectivity index (χ1n) is 30.9. The third-order valence-electron chi connectivity index (χ3n) is 15.5. The van der Waals surface area contributed by atoms with Crippen molar-refractivity contribution < 1.29 is 82.5 Å². The number of hydrogen-bond donors (Lipinski definition) is 7. The number of sulfonamides is 4. The first kappa shape index (κ1) is 79.7. The maximum Gasteiger partial charge on any atom is 0.414 e. The molecule has 0 fully saturated rings. The predicted molar refractivity (Wildman–Crippen MR) is 385 cm³/mol. The first-order chi connectivity index (χ1) is 47.2. The first-order valence-corrected chi connectivity index (χ1v) is 38.4. The van der Waals surface area contributed by atoms with Gasteiger partial charge in [0.15, 0.2) is 0 Å². The average molecular weight is 1570 g/mol. The Balaban J connectivity index is 0.000000191. The molecule has 0 bridgehead atoms. The van der Waals surface area contributed by atoms with E-state index in [-0.39, 0.29) is 54.6 Å². The molecule has 5 amide bonds. The highest BCUT2D eigenvalue weighted by molar-refractivity contribution is 9.10. The molecule has 6 aromatic rings. The highest BCUT2D eigenvalue weighted by Crippen LogP contribution is 2.40. The number of benzene rings is 6. The molecule has 0 saturated carbocycles. The number of ether oxygens (including phenoxy) is 1. The lowest BCUT2D eigenvalue weighted by Crippen LogP contribution is -2.36. The molecular formula is C68H75BrCl2N8O18S4. The predicted octanol–water partition coefficient (Wildman–Crippen LogP) is 9.14. The van der Waals surface area contributed by atoms with Crippen LogP contribution in [-0.4, -0.2) is 123 Å². The molecule has 26 nitrogen and oxygen atoms in total. The van der Waals surface area contributed by atoms with Gasteiger partial charge in [0.05, 0.1) is 52.1 Å². The van der Waals surface area contributed by atoms with E-state index in [1.54, 1.807) is 42.5 Å². The van der Waals surface area contributed by atoms with Gasteiger partial charge in [0.25, 0.3) is 46.0 Å². The fourth-order valence-corrected chi connectivity index (χ4v) is 17.0. The molecule has 0 atom stereocenters. The minimum Gasteiger partial charge on any atom is -0.481 e. The lowest BCUT2D eigenvalue weighted by Gasteiger charge is -2.20. The lowest BCUT2D eigenvalue weighted by molar-refractivity contribution is -0.138. The molecule has 7 N–H and O–H groups in total. The molecule has 0 spiro atoms. The second-order valence-electron chi connectivity index (χ2n) is 24.1. The van der Waals surface area contributed by atoms with Gasteiger partial charge in [-0.2, -0.15) is 0 Å². The van der Waals surface area contributed by atoms with E-state index in [1.165, 1.54) is 61.2 Å². The van der Waals surface area contributed by atoms with Crippen molar-refractivity contribution >= 4 is 138 Å². The fraction of sp³-hybridized carbons (Fsp3) is 0.294. The number of aliphatic hydroxyl groups excluding tert-OH is 1. The minimum atomic E-state index is -4.13. The number of carbonyl (C=O) groups is 6. The molecule has 0 unspecified atom stereocenters. The Morgan fingerprint density at radius 1 is 0.525 bits per heavy atom. The van der Waals surface area contributed by atoms with Gasteiger partial charge in [0.2, 0.25) is 17.7 Å². The Morgan fingerprint density at radius 3 is 1.41 bits per heavy atom. The Kier molecular flexibility index (Phi) is 26.4. The van der Waals surface area contributed by atoms with Crippen molar-refractivity contribution in [3.05, 3.63) is 200 Å². The van der Waals surface area contributed by atoms with Crippen molar-refractivity contribution in [2.75, 3.05) is 52.4 Å². The molecule has 6 aromatic carbocycles. The molecule has 4 aliphatic heterocycles. The van der Waals surface area contributed by atoms with Gasteiger partial charge in [-0.15, -0.1) is 0 Å². The number of nitrogens with zero attached hydrogens (tertiary/aromatic N) is 4. The van der Waals surface area contributed by atoms with E-state index in [0.29, 0.717) is 42.8 Å². The fourth-order valence-electron chi connectivity index (χ4n) is 10.8. The van der Waals surface area contributed by atoms with E-state index in [1.807, 2.05) is 80.0 Å². The van der Waals surface area contributed by atoms with Crippen LogP contribution in [0.1, 0.15) is 98.5 Å². The van der Waals surface area contributed by atoms with Crippen LogP contribution in [0.3, 0.4) is 0 Å². The molecule has 101 heavy (non-hydrogen) atoms. The van der Waals surface area contributed by atoms with Crippen LogP contribution in [0.5, 0.6) is 0 Å². The normalized spacial score (nSPS) is 13.6. The van der Waals surface area contributed by atoms with Crippen LogP contribution in [0.2, 0.25) is 10.0 Å². The zero-order valence-corrected chi connectivity index (χ0v) is 61.9. The Labute approximate surface area is 605 Å². The molecule has 0 radical (unpaired) electrons. The van der Waals surface area contributed by atoms with Crippen molar-refractivity contribution in [3.8, 4) is 0 Å². The van der Waals surface area contributed by atoms with Crippen molar-refractivity contribution in [1.82, 2.24) is 18.9 Å². The molecule has 0 aliphatic carbocycles. The second kappa shape index (κ2) is 33.4. The molecule has 0 saturated heterocycles. The lowest BCUT2D eigenvalue weighted by atomic mass is 10.1. The van der Waals surface area contributed by atoms with Gasteiger partial charge < -0.3 is 34.8 Å². The van der Waals surface area contributed by atoms with Gasteiger partial charge in [-0.1, -0.05) is 97.5 Å². The maximum atomic E-state index is 12.7. The summed E-state index contributed by atoms with van der Waals surface area (Å²) < 4.78 is 113. The molecule has 540 valence electrons. The van der Waals surface area contributed by atoms with Crippen molar-refractivity contribution in [2.24, 2.45) is 0 Å². The summed E-state index contributed by atoms with van der Waals surface area (Å²) >= 11 is 15.4. The third kappa shape index (κ3) is 21.0. The highest BCUT2D eigenvalue weighted by atomic mass is 79.9. The van der Waals surface area contributed by atoms with Gasteiger partial charge in [-0.25, -0.2) is 57.4 Å². The quantitative estimate of drug-likeness (QED) is 0.0353. The molecule has 4 aliphatic rings. The number of hydrogen-bond acceptors (Lipinski definition) is 20. The topological polar surface area (TPSA) is 370 Å². The van der Waals surface area contributed by atoms with E-state index in [4.69, 9.17) is 38.2 Å². The number of carbonyl (C=O) groups excluding carboxylic acids is 5. The largest absolute Gasteiger partial charge is 0.481 e. The number of nitrogens with one attached hydrogen (secondary N) is 4. The summed E-state index contributed by atoms with van der Waals surface area (Å²) in [6.45, 7) is 22.2. The number of carboxylic acid groups (broad SMARTS) is 1. The summed E-state index contributed by atoms with van der Waals surface area (Å²) in [6, 6.07) is 31.2. The van der Waals surface area contributed by atoms with Gasteiger partial charge in [-0.3, -0.25) is 28.9 Å². The van der Waals surface area contributed by atoms with Crippen LogP contribution >= 0.6 is 39.1 Å². The minimum absolute atomic E-state index is 0.0564. The van der Waals surface area contributed by atoms with E-state index in [9.17, 15) is 67.5 Å². The van der Waals surface area contributed by atoms with Gasteiger partial charge in [-0.05, 0) is 165 Å². The molecule has 0 aromatic heterocycles. The SMILES string of the molecule is C=C(C)N1CCc2cc(Br)c(S(=O)(=O)NC(=O)CCC(=O)O)cc21.C=C(C)N1CCc2cc(Cl)c(S(=O)(=O)NC(=O)CC(C)(C)O)cc21.C=C(C)N1CCc2cc(Cl)c(S(=O)(=O)NC(=O)CCO)cc21.O=C(NS(=O)(=O)c1ccc2c(c1)N(C(=O)OCc1ccccc1)CC2)c1ccccc1. The monoisotopic (exact) mass is 1570 g/mol.